The molecule has 0 bridgehead atoms. The Kier molecular flexibility index (Phi) is 5.84. The van der Waals surface area contributed by atoms with Crippen molar-refractivity contribution in [2.75, 3.05) is 0 Å². The summed E-state index contributed by atoms with van der Waals surface area (Å²) in [5.74, 6) is -1.23. The zero-order valence-electron chi connectivity index (χ0n) is 18.1. The van der Waals surface area contributed by atoms with Gasteiger partial charge in [-0.25, -0.2) is 4.39 Å². The third-order valence-electron chi connectivity index (χ3n) is 6.29. The number of benzene rings is 3. The SMILES string of the molecule is O=C(O)C1CCc2c(c3cc(OCc4ccc(F)cc4)ccc3n2C(=O)c2ccc(Cl)cc2)C1. The minimum atomic E-state index is -0.834. The van der Waals surface area contributed by atoms with Gasteiger partial charge in [0.05, 0.1) is 11.4 Å². The molecule has 0 aliphatic heterocycles. The van der Waals surface area contributed by atoms with Crippen LogP contribution >= 0.6 is 11.6 Å². The van der Waals surface area contributed by atoms with Gasteiger partial charge < -0.3 is 9.84 Å². The number of carbonyl (C=O) groups is 2. The Morgan fingerprint density at radius 3 is 2.50 bits per heavy atom. The fraction of sp³-hybridized carbons (Fsp3) is 0.185. The predicted molar refractivity (Wildman–Crippen MR) is 127 cm³/mol. The quantitative estimate of drug-likeness (QED) is 0.389. The number of aromatic nitrogens is 1. The smallest absolute Gasteiger partial charge is 0.306 e. The molecule has 0 fully saturated rings. The number of rotatable bonds is 5. The monoisotopic (exact) mass is 477 g/mol. The van der Waals surface area contributed by atoms with Gasteiger partial charge in [-0.05, 0) is 85.0 Å². The molecule has 5 rings (SSSR count). The molecule has 7 heteroatoms. The summed E-state index contributed by atoms with van der Waals surface area (Å²) in [5.41, 5.74) is 3.74. The second-order valence-electron chi connectivity index (χ2n) is 8.44. The highest BCUT2D eigenvalue weighted by molar-refractivity contribution is 6.30. The number of carboxylic acid groups (broad SMARTS) is 1. The largest absolute Gasteiger partial charge is 0.489 e. The lowest BCUT2D eigenvalue weighted by Gasteiger charge is -2.20. The van der Waals surface area contributed by atoms with Crippen molar-refractivity contribution >= 4 is 34.4 Å². The van der Waals surface area contributed by atoms with Crippen LogP contribution in [0.5, 0.6) is 5.75 Å². The Bertz CT molecular complexity index is 1390. The van der Waals surface area contributed by atoms with Crippen LogP contribution in [0.3, 0.4) is 0 Å². The van der Waals surface area contributed by atoms with Crippen LogP contribution in [0.4, 0.5) is 4.39 Å². The predicted octanol–water partition coefficient (Wildman–Crippen LogP) is 5.89. The van der Waals surface area contributed by atoms with Gasteiger partial charge in [-0.15, -0.1) is 0 Å². The molecule has 0 radical (unpaired) electrons. The first-order valence-electron chi connectivity index (χ1n) is 11.0. The van der Waals surface area contributed by atoms with E-state index >= 15 is 0 Å². The van der Waals surface area contributed by atoms with E-state index in [0.717, 1.165) is 22.2 Å². The van der Waals surface area contributed by atoms with E-state index in [1.54, 1.807) is 47.0 Å². The molecule has 1 N–H and O–H groups in total. The lowest BCUT2D eigenvalue weighted by atomic mass is 9.86. The van der Waals surface area contributed by atoms with Crippen molar-refractivity contribution in [3.8, 4) is 5.75 Å². The Hall–Kier alpha value is -3.64. The van der Waals surface area contributed by atoms with Gasteiger partial charge in [-0.1, -0.05) is 23.7 Å². The number of carbonyl (C=O) groups excluding carboxylic acids is 1. The van der Waals surface area contributed by atoms with E-state index in [1.807, 2.05) is 12.1 Å². The van der Waals surface area contributed by atoms with Crippen molar-refractivity contribution in [1.82, 2.24) is 4.57 Å². The first-order valence-corrected chi connectivity index (χ1v) is 11.3. The molecule has 0 saturated carbocycles. The van der Waals surface area contributed by atoms with Crippen molar-refractivity contribution in [3.05, 3.63) is 100.0 Å². The fourth-order valence-electron chi connectivity index (χ4n) is 4.54. The Balaban J connectivity index is 1.55. The summed E-state index contributed by atoms with van der Waals surface area (Å²) in [6.45, 7) is 0.260. The Labute approximate surface area is 200 Å². The molecular formula is C27H21ClFNO4. The maximum Gasteiger partial charge on any atom is 0.306 e. The number of nitrogens with zero attached hydrogens (tertiary/aromatic N) is 1. The molecule has 172 valence electrons. The lowest BCUT2D eigenvalue weighted by molar-refractivity contribution is -0.142. The minimum Gasteiger partial charge on any atom is -0.489 e. The molecule has 1 aromatic heterocycles. The van der Waals surface area contributed by atoms with E-state index in [1.165, 1.54) is 12.1 Å². The maximum absolute atomic E-state index is 13.5. The topological polar surface area (TPSA) is 68.5 Å². The zero-order valence-corrected chi connectivity index (χ0v) is 18.9. The van der Waals surface area contributed by atoms with E-state index in [9.17, 15) is 19.1 Å². The lowest BCUT2D eigenvalue weighted by Crippen LogP contribution is -2.24. The second kappa shape index (κ2) is 8.95. The highest BCUT2D eigenvalue weighted by atomic mass is 35.5. The maximum atomic E-state index is 13.5. The minimum absolute atomic E-state index is 0.184. The zero-order chi connectivity index (χ0) is 23.8. The van der Waals surface area contributed by atoms with Gasteiger partial charge in [0.2, 0.25) is 0 Å². The van der Waals surface area contributed by atoms with Crippen LogP contribution in [0, 0.1) is 11.7 Å². The molecule has 1 atom stereocenters. The number of carboxylic acids is 1. The normalized spacial score (nSPS) is 15.2. The van der Waals surface area contributed by atoms with Crippen molar-refractivity contribution in [3.63, 3.8) is 0 Å². The van der Waals surface area contributed by atoms with Gasteiger partial charge in [0, 0.05) is 21.7 Å². The average Bonchev–Trinajstić information content (AvgIpc) is 3.16. The molecule has 5 nitrogen and oxygen atoms in total. The van der Waals surface area contributed by atoms with Crippen molar-refractivity contribution in [2.45, 2.75) is 25.9 Å². The highest BCUT2D eigenvalue weighted by Gasteiger charge is 2.31. The highest BCUT2D eigenvalue weighted by Crippen LogP contribution is 2.37. The first kappa shape index (κ1) is 22.2. The van der Waals surface area contributed by atoms with Crippen LogP contribution in [-0.2, 0) is 24.2 Å². The summed E-state index contributed by atoms with van der Waals surface area (Å²) >= 11 is 5.99. The van der Waals surface area contributed by atoms with Gasteiger partial charge in [0.15, 0.2) is 0 Å². The van der Waals surface area contributed by atoms with Gasteiger partial charge in [0.25, 0.3) is 5.91 Å². The molecule has 0 spiro atoms. The molecular weight excluding hydrogens is 457 g/mol. The number of fused-ring (bicyclic) bond motifs is 3. The summed E-state index contributed by atoms with van der Waals surface area (Å²) in [5, 5.41) is 11.0. The van der Waals surface area contributed by atoms with Gasteiger partial charge in [-0.2, -0.15) is 0 Å². The van der Waals surface area contributed by atoms with E-state index < -0.39 is 11.9 Å². The summed E-state index contributed by atoms with van der Waals surface area (Å²) in [6.07, 6.45) is 1.32. The number of aliphatic carboxylic acids is 1. The summed E-state index contributed by atoms with van der Waals surface area (Å²) in [4.78, 5) is 25.2. The molecule has 0 saturated heterocycles. The van der Waals surface area contributed by atoms with Crippen molar-refractivity contribution < 1.29 is 23.8 Å². The summed E-state index contributed by atoms with van der Waals surface area (Å²) in [7, 11) is 0. The molecule has 4 aromatic rings. The molecule has 1 aliphatic rings. The molecule has 1 aliphatic carbocycles. The van der Waals surface area contributed by atoms with Crippen LogP contribution in [0.1, 0.15) is 33.6 Å². The molecule has 1 unspecified atom stereocenters. The Morgan fingerprint density at radius 1 is 1.06 bits per heavy atom. The molecule has 1 heterocycles. The number of ether oxygens (including phenoxy) is 1. The van der Waals surface area contributed by atoms with Gasteiger partial charge in [0.1, 0.15) is 18.2 Å². The third-order valence-corrected chi connectivity index (χ3v) is 6.55. The molecule has 34 heavy (non-hydrogen) atoms. The van der Waals surface area contributed by atoms with Gasteiger partial charge >= 0.3 is 5.97 Å². The van der Waals surface area contributed by atoms with Gasteiger partial charge in [-0.3, -0.25) is 14.2 Å². The van der Waals surface area contributed by atoms with E-state index in [4.69, 9.17) is 16.3 Å². The van der Waals surface area contributed by atoms with Crippen molar-refractivity contribution in [2.24, 2.45) is 5.92 Å². The summed E-state index contributed by atoms with van der Waals surface area (Å²) < 4.78 is 20.8. The van der Waals surface area contributed by atoms with E-state index in [2.05, 4.69) is 0 Å². The van der Waals surface area contributed by atoms with Crippen molar-refractivity contribution in [1.29, 1.82) is 0 Å². The van der Waals surface area contributed by atoms with Crippen LogP contribution in [-0.4, -0.2) is 21.6 Å². The number of hydrogen-bond acceptors (Lipinski definition) is 3. The Morgan fingerprint density at radius 2 is 1.79 bits per heavy atom. The average molecular weight is 478 g/mol. The van der Waals surface area contributed by atoms with Crippen LogP contribution in [0.2, 0.25) is 5.02 Å². The standard InChI is InChI=1S/C27H21ClFNO4/c28-19-6-3-17(4-7-19)26(31)30-24-11-5-18(27(32)33)13-22(24)23-14-21(10-12-25(23)30)34-15-16-1-8-20(29)9-2-16/h1-4,6-10,12,14,18H,5,11,13,15H2,(H,32,33). The summed E-state index contributed by atoms with van der Waals surface area (Å²) in [6, 6.07) is 18.3. The second-order valence-corrected chi connectivity index (χ2v) is 8.88. The fourth-order valence-corrected chi connectivity index (χ4v) is 4.66. The van der Waals surface area contributed by atoms with Crippen LogP contribution < -0.4 is 4.74 Å². The van der Waals surface area contributed by atoms with Crippen LogP contribution in [0.15, 0.2) is 66.7 Å². The number of hydrogen-bond donors (Lipinski definition) is 1. The first-order chi connectivity index (χ1) is 16.4. The van der Waals surface area contributed by atoms with E-state index in [-0.39, 0.29) is 18.3 Å². The number of halogens is 2. The molecule has 3 aromatic carbocycles. The van der Waals surface area contributed by atoms with E-state index in [0.29, 0.717) is 41.1 Å². The van der Waals surface area contributed by atoms with Crippen LogP contribution in [0.25, 0.3) is 10.9 Å². The molecule has 0 amide bonds. The third kappa shape index (κ3) is 4.17.